The van der Waals surface area contributed by atoms with E-state index in [1.54, 1.807) is 0 Å². The molecular weight excluding hydrogens is 190 g/mol. The van der Waals surface area contributed by atoms with Gasteiger partial charge >= 0.3 is 5.97 Å². The van der Waals surface area contributed by atoms with Crippen LogP contribution in [-0.2, 0) is 17.9 Å². The Hall–Kier alpha value is -1.47. The lowest BCUT2D eigenvalue weighted by Gasteiger charge is -2.03. The number of aliphatic hydroxyl groups is 1. The Labute approximate surface area is 79.9 Å². The summed E-state index contributed by atoms with van der Waals surface area (Å²) < 4.78 is 6.13. The molecule has 0 fully saturated rings. The van der Waals surface area contributed by atoms with Crippen LogP contribution in [0.25, 0.3) is 0 Å². The number of carbonyl (C=O) groups is 1. The van der Waals surface area contributed by atoms with E-state index in [9.17, 15) is 4.79 Å². The van der Waals surface area contributed by atoms with Crippen LogP contribution in [0.3, 0.4) is 0 Å². The molecule has 7 heteroatoms. The topological polar surface area (TPSA) is 97.5 Å². The first-order chi connectivity index (χ1) is 6.70. The molecule has 0 aliphatic rings. The van der Waals surface area contributed by atoms with Gasteiger partial charge in [-0.15, -0.1) is 5.10 Å². The van der Waals surface area contributed by atoms with E-state index in [1.165, 1.54) is 11.8 Å². The third-order valence-corrected chi connectivity index (χ3v) is 1.63. The number of hydrogen-bond acceptors (Lipinski definition) is 5. The summed E-state index contributed by atoms with van der Waals surface area (Å²) >= 11 is 0. The Morgan fingerprint density at radius 3 is 2.86 bits per heavy atom. The fraction of sp³-hybridized carbons (Fsp3) is 0.571. The van der Waals surface area contributed by atoms with Gasteiger partial charge in [0.1, 0.15) is 0 Å². The van der Waals surface area contributed by atoms with Crippen LogP contribution in [-0.4, -0.2) is 44.9 Å². The molecule has 0 unspecified atom stereocenters. The second-order valence-electron chi connectivity index (χ2n) is 2.57. The van der Waals surface area contributed by atoms with Gasteiger partial charge in [0.05, 0.1) is 25.5 Å². The predicted molar refractivity (Wildman–Crippen MR) is 44.8 cm³/mol. The zero-order valence-corrected chi connectivity index (χ0v) is 7.67. The Bertz CT molecular complexity index is 323. The molecule has 7 nitrogen and oxygen atoms in total. The van der Waals surface area contributed by atoms with Gasteiger partial charge < -0.3 is 14.9 Å². The molecule has 0 saturated carbocycles. The molecule has 1 aromatic heterocycles. The monoisotopic (exact) mass is 201 g/mol. The number of ether oxygens (including phenoxy) is 1. The van der Waals surface area contributed by atoms with Gasteiger partial charge in [0, 0.05) is 7.11 Å². The highest BCUT2D eigenvalue weighted by molar-refractivity contribution is 5.86. The Kier molecular flexibility index (Phi) is 3.55. The number of hydrogen-bond donors (Lipinski definition) is 2. The molecule has 2 N–H and O–H groups in total. The molecule has 0 spiro atoms. The van der Waals surface area contributed by atoms with Crippen molar-refractivity contribution in [3.63, 3.8) is 0 Å². The van der Waals surface area contributed by atoms with Crippen LogP contribution in [0.15, 0.2) is 0 Å². The van der Waals surface area contributed by atoms with Crippen molar-refractivity contribution >= 4 is 5.97 Å². The fourth-order valence-corrected chi connectivity index (χ4v) is 1.05. The van der Waals surface area contributed by atoms with Gasteiger partial charge in [-0.05, 0) is 0 Å². The summed E-state index contributed by atoms with van der Waals surface area (Å²) in [7, 11) is 1.45. The van der Waals surface area contributed by atoms with Gasteiger partial charge in [0.2, 0.25) is 0 Å². The van der Waals surface area contributed by atoms with Crippen LogP contribution in [0.2, 0.25) is 0 Å². The average Bonchev–Trinajstić information content (AvgIpc) is 2.50. The molecule has 0 amide bonds. The van der Waals surface area contributed by atoms with Crippen molar-refractivity contribution < 1.29 is 19.7 Å². The molecule has 0 atom stereocenters. The maximum atomic E-state index is 10.7. The quantitative estimate of drug-likeness (QED) is 0.641. The van der Waals surface area contributed by atoms with Gasteiger partial charge in [0.25, 0.3) is 0 Å². The Morgan fingerprint density at radius 1 is 1.64 bits per heavy atom. The first kappa shape index (κ1) is 10.6. The van der Waals surface area contributed by atoms with E-state index < -0.39 is 5.97 Å². The first-order valence-corrected chi connectivity index (χ1v) is 3.96. The van der Waals surface area contributed by atoms with Crippen molar-refractivity contribution in [1.82, 2.24) is 15.0 Å². The summed E-state index contributed by atoms with van der Waals surface area (Å²) in [5.74, 6) is -1.15. The van der Waals surface area contributed by atoms with Gasteiger partial charge in [-0.3, -0.25) is 0 Å². The third kappa shape index (κ3) is 2.06. The molecule has 0 bridgehead atoms. The molecule has 0 aliphatic heterocycles. The molecule has 1 aromatic rings. The molecule has 0 saturated heterocycles. The highest BCUT2D eigenvalue weighted by atomic mass is 16.5. The maximum Gasteiger partial charge on any atom is 0.358 e. The summed E-state index contributed by atoms with van der Waals surface area (Å²) in [5, 5.41) is 24.5. The van der Waals surface area contributed by atoms with Crippen LogP contribution in [0.1, 0.15) is 16.2 Å². The van der Waals surface area contributed by atoms with E-state index in [0.717, 1.165) is 0 Å². The zero-order valence-electron chi connectivity index (χ0n) is 7.67. The molecule has 1 rings (SSSR count). The van der Waals surface area contributed by atoms with Crippen LogP contribution >= 0.6 is 0 Å². The number of methoxy groups -OCH3 is 1. The van der Waals surface area contributed by atoms with Crippen molar-refractivity contribution in [1.29, 1.82) is 0 Å². The third-order valence-electron chi connectivity index (χ3n) is 1.63. The lowest BCUT2D eigenvalue weighted by Crippen LogP contribution is -2.11. The van der Waals surface area contributed by atoms with Crippen molar-refractivity contribution in [2.45, 2.75) is 13.2 Å². The van der Waals surface area contributed by atoms with Gasteiger partial charge in [-0.25, -0.2) is 9.48 Å². The van der Waals surface area contributed by atoms with Gasteiger partial charge in [-0.1, -0.05) is 5.21 Å². The average molecular weight is 201 g/mol. The Morgan fingerprint density at radius 2 is 2.36 bits per heavy atom. The maximum absolute atomic E-state index is 10.7. The highest BCUT2D eigenvalue weighted by Gasteiger charge is 2.18. The number of carboxylic acids is 1. The molecule has 1 heterocycles. The molecule has 0 aliphatic carbocycles. The minimum absolute atomic E-state index is 0.106. The fourth-order valence-electron chi connectivity index (χ4n) is 1.05. The number of aromatic nitrogens is 3. The molecule has 0 aromatic carbocycles. The van der Waals surface area contributed by atoms with Crippen LogP contribution in [0.5, 0.6) is 0 Å². The van der Waals surface area contributed by atoms with E-state index >= 15 is 0 Å². The summed E-state index contributed by atoms with van der Waals surface area (Å²) in [6.45, 7) is 0.187. The van der Waals surface area contributed by atoms with E-state index in [2.05, 4.69) is 10.3 Å². The molecule has 14 heavy (non-hydrogen) atoms. The van der Waals surface area contributed by atoms with Crippen molar-refractivity contribution in [2.75, 3.05) is 13.7 Å². The SMILES string of the molecule is COCc1c(C(=O)O)nnn1CCO. The van der Waals surface area contributed by atoms with Crippen molar-refractivity contribution in [2.24, 2.45) is 0 Å². The minimum Gasteiger partial charge on any atom is -0.476 e. The number of nitrogens with zero attached hydrogens (tertiary/aromatic N) is 3. The second kappa shape index (κ2) is 4.68. The normalized spacial score (nSPS) is 10.4. The zero-order chi connectivity index (χ0) is 10.6. The summed E-state index contributed by atoms with van der Waals surface area (Å²) in [6, 6.07) is 0. The highest BCUT2D eigenvalue weighted by Crippen LogP contribution is 2.06. The first-order valence-electron chi connectivity index (χ1n) is 3.96. The van der Waals surface area contributed by atoms with Gasteiger partial charge in [0.15, 0.2) is 5.69 Å². The lowest BCUT2D eigenvalue weighted by molar-refractivity contribution is 0.0684. The second-order valence-corrected chi connectivity index (χ2v) is 2.57. The smallest absolute Gasteiger partial charge is 0.358 e. The standard InChI is InChI=1S/C7H11N3O4/c1-14-4-5-6(7(12)13)8-9-10(5)2-3-11/h11H,2-4H2,1H3,(H,12,13). The van der Waals surface area contributed by atoms with Gasteiger partial charge in [-0.2, -0.15) is 0 Å². The van der Waals surface area contributed by atoms with E-state index in [4.69, 9.17) is 14.9 Å². The van der Waals surface area contributed by atoms with Crippen LogP contribution in [0.4, 0.5) is 0 Å². The summed E-state index contributed by atoms with van der Waals surface area (Å²) in [6.07, 6.45) is 0. The molecular formula is C7H11N3O4. The lowest BCUT2D eigenvalue weighted by atomic mass is 10.3. The number of aliphatic hydroxyl groups excluding tert-OH is 1. The van der Waals surface area contributed by atoms with Crippen molar-refractivity contribution in [3.8, 4) is 0 Å². The van der Waals surface area contributed by atoms with Crippen LogP contribution in [0, 0.1) is 0 Å². The number of aromatic carboxylic acids is 1. The van der Waals surface area contributed by atoms with E-state index in [1.807, 2.05) is 0 Å². The van der Waals surface area contributed by atoms with E-state index in [-0.39, 0.29) is 25.5 Å². The van der Waals surface area contributed by atoms with Crippen molar-refractivity contribution in [3.05, 3.63) is 11.4 Å². The number of rotatable bonds is 5. The summed E-state index contributed by atoms with van der Waals surface area (Å²) in [4.78, 5) is 10.7. The molecule has 0 radical (unpaired) electrons. The summed E-state index contributed by atoms with van der Waals surface area (Å²) in [5.41, 5.74) is 0.217. The van der Waals surface area contributed by atoms with E-state index in [0.29, 0.717) is 5.69 Å². The molecule has 78 valence electrons. The predicted octanol–water partition coefficient (Wildman–Crippen LogP) is -0.885. The van der Waals surface area contributed by atoms with Crippen LogP contribution < -0.4 is 0 Å². The Balaban J connectivity index is 3.00. The largest absolute Gasteiger partial charge is 0.476 e. The minimum atomic E-state index is -1.15. The number of carboxylic acid groups (broad SMARTS) is 1.